The van der Waals surface area contributed by atoms with Gasteiger partial charge in [0.1, 0.15) is 39.8 Å². The van der Waals surface area contributed by atoms with Crippen LogP contribution in [0.2, 0.25) is 0 Å². The fourth-order valence-corrected chi connectivity index (χ4v) is 7.02. The van der Waals surface area contributed by atoms with E-state index in [1.54, 1.807) is 30.3 Å². The number of hydrogen-bond donors (Lipinski definition) is 0. The Morgan fingerprint density at radius 2 is 1.20 bits per heavy atom. The summed E-state index contributed by atoms with van der Waals surface area (Å²) in [6, 6.07) is 25.9. The number of nitriles is 2. The van der Waals surface area contributed by atoms with Crippen LogP contribution >= 0.6 is 28.3 Å². The van der Waals surface area contributed by atoms with E-state index in [1.165, 1.54) is 0 Å². The molecule has 284 valence electrons. The fraction of sp³-hybridized carbons (Fsp3) is 0.273. The highest BCUT2D eigenvalue weighted by Gasteiger charge is 2.28. The van der Waals surface area contributed by atoms with E-state index in [4.69, 9.17) is 15.5 Å². The van der Waals surface area contributed by atoms with Crippen LogP contribution in [0.3, 0.4) is 0 Å². The lowest BCUT2D eigenvalue weighted by Gasteiger charge is -2.31. The van der Waals surface area contributed by atoms with Crippen LogP contribution in [0.4, 0.5) is 0 Å². The zero-order valence-corrected chi connectivity index (χ0v) is 34.2. The van der Waals surface area contributed by atoms with Crippen molar-refractivity contribution in [2.24, 2.45) is 10.8 Å². The molecule has 0 amide bonds. The molecule has 2 aliphatic heterocycles. The Hall–Kier alpha value is -5.75. The third-order valence-corrected chi connectivity index (χ3v) is 10.2. The minimum absolute atomic E-state index is 0. The second-order valence-electron chi connectivity index (χ2n) is 15.3. The molecule has 0 atom stereocenters. The van der Waals surface area contributed by atoms with Crippen LogP contribution in [0.5, 0.6) is 0 Å². The average Bonchev–Trinajstić information content (AvgIpc) is 3.18. The van der Waals surface area contributed by atoms with Gasteiger partial charge in [-0.2, -0.15) is 10.5 Å². The van der Waals surface area contributed by atoms with Gasteiger partial charge in [0.05, 0.1) is 27.5 Å². The Balaban J connectivity index is 0.000000179. The number of rotatable bonds is 3. The second kappa shape index (κ2) is 17.4. The molecule has 10 nitrogen and oxygen atoms in total. The summed E-state index contributed by atoms with van der Waals surface area (Å²) in [7, 11) is 0. The fourth-order valence-electron chi connectivity index (χ4n) is 6.68. The number of halogens is 2. The summed E-state index contributed by atoms with van der Waals surface area (Å²) >= 11 is 3.14. The summed E-state index contributed by atoms with van der Waals surface area (Å²) in [5.74, 6) is 1.79. The zero-order valence-electron chi connectivity index (χ0n) is 31.8. The lowest BCUT2D eigenvalue weighted by Crippen LogP contribution is -2.36. The van der Waals surface area contributed by atoms with Crippen molar-refractivity contribution in [2.75, 3.05) is 0 Å². The van der Waals surface area contributed by atoms with E-state index in [1.807, 2.05) is 82.0 Å². The van der Waals surface area contributed by atoms with Crippen molar-refractivity contribution in [1.82, 2.24) is 29.1 Å². The van der Waals surface area contributed by atoms with E-state index in [0.717, 1.165) is 71.7 Å². The Bertz CT molecular complexity index is 2680. The lowest BCUT2D eigenvalue weighted by molar-refractivity contribution is 0.240. The molecule has 0 saturated heterocycles. The quantitative estimate of drug-likeness (QED) is 0.161. The van der Waals surface area contributed by atoms with Gasteiger partial charge in [-0.25, -0.2) is 19.9 Å². The van der Waals surface area contributed by atoms with E-state index in [0.29, 0.717) is 33.3 Å². The third kappa shape index (κ3) is 9.72. The van der Waals surface area contributed by atoms with Gasteiger partial charge in [-0.1, -0.05) is 70.7 Å². The Labute approximate surface area is 340 Å². The lowest BCUT2D eigenvalue weighted by atomic mass is 9.85. The number of benzene rings is 2. The Morgan fingerprint density at radius 3 is 1.70 bits per heavy atom. The normalized spacial score (nSPS) is 14.7. The van der Waals surface area contributed by atoms with Crippen molar-refractivity contribution >= 4 is 68.4 Å². The van der Waals surface area contributed by atoms with Gasteiger partial charge in [0.15, 0.2) is 0 Å². The summed E-state index contributed by atoms with van der Waals surface area (Å²) in [5.41, 5.74) is 5.43. The summed E-state index contributed by atoms with van der Waals surface area (Å²) < 4.78 is 4.37. The first kappa shape index (κ1) is 41.4. The molecule has 0 fully saturated rings. The minimum atomic E-state index is 0. The number of nitrogens with zero attached hydrogens (tertiary/aromatic N) is 8. The van der Waals surface area contributed by atoms with Gasteiger partial charge in [0, 0.05) is 25.9 Å². The van der Waals surface area contributed by atoms with Crippen LogP contribution in [0.15, 0.2) is 93.6 Å². The van der Waals surface area contributed by atoms with Crippen LogP contribution < -0.4 is 11.1 Å². The number of aryl methyl sites for hydroxylation is 2. The van der Waals surface area contributed by atoms with Crippen molar-refractivity contribution in [2.45, 2.75) is 66.5 Å². The van der Waals surface area contributed by atoms with Crippen LogP contribution in [0.1, 0.15) is 80.4 Å². The maximum atomic E-state index is 12.9. The molecule has 4 aromatic heterocycles. The molecule has 8 rings (SSSR count). The predicted molar refractivity (Wildman–Crippen MR) is 228 cm³/mol. The van der Waals surface area contributed by atoms with E-state index in [-0.39, 0.29) is 34.4 Å². The molecule has 0 unspecified atom stereocenters. The van der Waals surface area contributed by atoms with Gasteiger partial charge in [-0.15, -0.1) is 12.4 Å². The number of aromatic nitrogens is 6. The summed E-state index contributed by atoms with van der Waals surface area (Å²) in [6.45, 7) is 14.0. The Morgan fingerprint density at radius 1 is 0.696 bits per heavy atom. The van der Waals surface area contributed by atoms with Gasteiger partial charge < -0.3 is 0 Å². The van der Waals surface area contributed by atoms with Crippen molar-refractivity contribution in [1.29, 1.82) is 10.5 Å². The monoisotopic (exact) mass is 828 g/mol. The van der Waals surface area contributed by atoms with Gasteiger partial charge in [0.2, 0.25) is 0 Å². The molecule has 0 bridgehead atoms. The van der Waals surface area contributed by atoms with Gasteiger partial charge in [-0.05, 0) is 105 Å². The number of hydrogen-bond acceptors (Lipinski definition) is 8. The van der Waals surface area contributed by atoms with E-state index < -0.39 is 0 Å². The predicted octanol–water partition coefficient (Wildman–Crippen LogP) is 8.96. The first-order valence-corrected chi connectivity index (χ1v) is 18.8. The molecule has 0 aliphatic carbocycles. The summed E-state index contributed by atoms with van der Waals surface area (Å²) in [6.07, 6.45) is 9.36. The SMILES string of the molecule is C=Cc1ccc2c(=O)n3c(nc2c1)CCC(C)(C)C3.CC1(C)CCc2nc3cc(/C=C/c4cccc(C#N)n4)ccc3c(=O)n2C1.Cl.N#Cc1cccc(Br)n1. The van der Waals surface area contributed by atoms with Crippen molar-refractivity contribution in [3.63, 3.8) is 0 Å². The van der Waals surface area contributed by atoms with Crippen LogP contribution in [-0.4, -0.2) is 29.1 Å². The van der Waals surface area contributed by atoms with Crippen molar-refractivity contribution in [3.8, 4) is 12.1 Å². The highest BCUT2D eigenvalue weighted by molar-refractivity contribution is 9.10. The zero-order chi connectivity index (χ0) is 39.3. The molecule has 0 spiro atoms. The molecule has 56 heavy (non-hydrogen) atoms. The maximum absolute atomic E-state index is 12.9. The molecular formula is C44H42BrClN8O2. The van der Waals surface area contributed by atoms with Gasteiger partial charge in [0.25, 0.3) is 11.1 Å². The molecular weight excluding hydrogens is 788 g/mol. The van der Waals surface area contributed by atoms with E-state index >= 15 is 0 Å². The highest BCUT2D eigenvalue weighted by Crippen LogP contribution is 2.31. The first-order chi connectivity index (χ1) is 26.3. The first-order valence-electron chi connectivity index (χ1n) is 18.1. The molecule has 0 saturated carbocycles. The Kier molecular flexibility index (Phi) is 12.8. The molecule has 12 heteroatoms. The van der Waals surface area contributed by atoms with Crippen LogP contribution in [-0.2, 0) is 25.9 Å². The molecule has 6 aromatic rings. The smallest absolute Gasteiger partial charge is 0.261 e. The third-order valence-electron chi connectivity index (χ3n) is 9.74. The number of pyridine rings is 2. The average molecular weight is 830 g/mol. The standard InChI is InChI=1S/C22H20N4O.C16H18N2O.C6H3BrN2.ClH/c1-22(2)11-10-20-25-19-12-15(7-9-18(19)21(27)26(20)14-22)6-8-16-4-3-5-17(13-23)24-16;1-4-11-5-6-12-13(9-11)17-14-7-8-16(2,3)10-18(14)15(12)19;7-6-3-1-2-5(4-8)9-6;/h3-9,12H,10-11,14H2,1-2H3;4-6,9H,1,7-8,10H2,2-3H3;1-3H;1H/b8-6+;;;. The van der Waals surface area contributed by atoms with Crippen LogP contribution in [0, 0.1) is 33.5 Å². The summed E-state index contributed by atoms with van der Waals surface area (Å²) in [4.78, 5) is 42.9. The highest BCUT2D eigenvalue weighted by atomic mass is 79.9. The van der Waals surface area contributed by atoms with E-state index in [2.05, 4.69) is 65.2 Å². The maximum Gasteiger partial charge on any atom is 0.261 e. The second-order valence-corrected chi connectivity index (χ2v) is 16.1. The molecule has 2 aliphatic rings. The molecule has 6 heterocycles. The largest absolute Gasteiger partial charge is 0.296 e. The topological polar surface area (TPSA) is 143 Å². The van der Waals surface area contributed by atoms with Crippen molar-refractivity contribution < 1.29 is 0 Å². The number of fused-ring (bicyclic) bond motifs is 4. The van der Waals surface area contributed by atoms with Gasteiger partial charge >= 0.3 is 0 Å². The molecule has 0 N–H and O–H groups in total. The minimum Gasteiger partial charge on any atom is -0.296 e. The molecule has 2 aromatic carbocycles. The van der Waals surface area contributed by atoms with Crippen LogP contribution in [0.25, 0.3) is 40.0 Å². The molecule has 0 radical (unpaired) electrons. The van der Waals surface area contributed by atoms with Gasteiger partial charge in [-0.3, -0.25) is 18.7 Å². The van der Waals surface area contributed by atoms with Crippen molar-refractivity contribution in [3.05, 3.63) is 145 Å². The van der Waals surface area contributed by atoms with E-state index in [9.17, 15) is 9.59 Å². The summed E-state index contributed by atoms with van der Waals surface area (Å²) in [5, 5.41) is 18.6.